The van der Waals surface area contributed by atoms with Crippen LogP contribution < -0.4 is 5.32 Å². The van der Waals surface area contributed by atoms with Gasteiger partial charge in [-0.3, -0.25) is 0 Å². The molecule has 1 N–H and O–H groups in total. The molecule has 0 aromatic rings. The summed E-state index contributed by atoms with van der Waals surface area (Å²) in [4.78, 5) is 0. The number of rotatable bonds is 12. The Hall–Kier alpha value is -0.0400. The summed E-state index contributed by atoms with van der Waals surface area (Å²) in [5, 5.41) is 3.39. The molecule has 0 aliphatic rings. The molecule has 0 aromatic carbocycles. The summed E-state index contributed by atoms with van der Waals surface area (Å²) in [6.07, 6.45) is 14.0. The second kappa shape index (κ2) is 11.1. The Balaban J connectivity index is 3.80. The van der Waals surface area contributed by atoms with Crippen molar-refractivity contribution in [3.05, 3.63) is 0 Å². The average molecular weight is 241 g/mol. The molecule has 1 nitrogen and oxygen atoms in total. The zero-order chi connectivity index (χ0) is 13.0. The molecule has 0 atom stereocenters. The van der Waals surface area contributed by atoms with Gasteiger partial charge in [-0.05, 0) is 25.3 Å². The van der Waals surface area contributed by atoms with Crippen LogP contribution in [-0.2, 0) is 0 Å². The molecule has 0 heterocycles. The van der Waals surface area contributed by atoms with Gasteiger partial charge in [0.1, 0.15) is 0 Å². The molecule has 0 radical (unpaired) electrons. The van der Waals surface area contributed by atoms with Crippen molar-refractivity contribution in [3.63, 3.8) is 0 Å². The van der Waals surface area contributed by atoms with Crippen LogP contribution in [-0.4, -0.2) is 13.6 Å². The minimum Gasteiger partial charge on any atom is -0.319 e. The smallest absolute Gasteiger partial charge is 0.000216 e. The van der Waals surface area contributed by atoms with E-state index in [4.69, 9.17) is 0 Å². The highest BCUT2D eigenvalue weighted by Crippen LogP contribution is 2.30. The van der Waals surface area contributed by atoms with Gasteiger partial charge in [0.25, 0.3) is 0 Å². The Labute approximate surface area is 110 Å². The average Bonchev–Trinajstić information content (AvgIpc) is 2.31. The van der Waals surface area contributed by atoms with Crippen LogP contribution in [0.1, 0.15) is 85.0 Å². The third-order valence-corrected chi connectivity index (χ3v) is 3.87. The van der Waals surface area contributed by atoms with Crippen molar-refractivity contribution >= 4 is 0 Å². The zero-order valence-corrected chi connectivity index (χ0v) is 12.8. The summed E-state index contributed by atoms with van der Waals surface area (Å²) < 4.78 is 0. The topological polar surface area (TPSA) is 12.0 Å². The molecule has 0 saturated carbocycles. The maximum absolute atomic E-state index is 3.39. The zero-order valence-electron chi connectivity index (χ0n) is 12.8. The summed E-state index contributed by atoms with van der Waals surface area (Å²) in [5.41, 5.74) is 0.538. The van der Waals surface area contributed by atoms with Crippen LogP contribution in [0, 0.1) is 5.41 Å². The van der Waals surface area contributed by atoms with E-state index in [1.54, 1.807) is 0 Å². The number of hydrogen-bond donors (Lipinski definition) is 1. The van der Waals surface area contributed by atoms with Crippen LogP contribution >= 0.6 is 0 Å². The Morgan fingerprint density at radius 3 is 1.59 bits per heavy atom. The van der Waals surface area contributed by atoms with Gasteiger partial charge in [-0.2, -0.15) is 0 Å². The predicted octanol–water partition coefficient (Wildman–Crippen LogP) is 5.15. The molecule has 0 unspecified atom stereocenters. The van der Waals surface area contributed by atoms with E-state index < -0.39 is 0 Å². The summed E-state index contributed by atoms with van der Waals surface area (Å²) in [5.74, 6) is 0. The van der Waals surface area contributed by atoms with Crippen molar-refractivity contribution in [2.75, 3.05) is 13.6 Å². The van der Waals surface area contributed by atoms with Crippen molar-refractivity contribution in [2.45, 2.75) is 85.0 Å². The molecule has 0 fully saturated rings. The summed E-state index contributed by atoms with van der Waals surface area (Å²) in [7, 11) is 2.09. The van der Waals surface area contributed by atoms with Gasteiger partial charge in [0.15, 0.2) is 0 Å². The largest absolute Gasteiger partial charge is 0.319 e. The van der Waals surface area contributed by atoms with E-state index in [1.807, 2.05) is 0 Å². The molecule has 17 heavy (non-hydrogen) atoms. The highest BCUT2D eigenvalue weighted by molar-refractivity contribution is 4.76. The fraction of sp³-hybridized carbons (Fsp3) is 1.00. The minimum absolute atomic E-state index is 0.538. The van der Waals surface area contributed by atoms with E-state index >= 15 is 0 Å². The van der Waals surface area contributed by atoms with E-state index in [2.05, 4.69) is 33.1 Å². The van der Waals surface area contributed by atoms with Crippen LogP contribution in [0.4, 0.5) is 0 Å². The maximum atomic E-state index is 3.39. The number of hydrogen-bond acceptors (Lipinski definition) is 1. The summed E-state index contributed by atoms with van der Waals surface area (Å²) in [6, 6.07) is 0. The van der Waals surface area contributed by atoms with Crippen LogP contribution in [0.15, 0.2) is 0 Å². The maximum Gasteiger partial charge on any atom is 0.000216 e. The summed E-state index contributed by atoms with van der Waals surface area (Å²) >= 11 is 0. The van der Waals surface area contributed by atoms with E-state index in [0.717, 1.165) is 0 Å². The molecule has 104 valence electrons. The van der Waals surface area contributed by atoms with Gasteiger partial charge in [-0.25, -0.2) is 0 Å². The SMILES string of the molecule is CCCCCCC(C)(CCCCCC)CNC. The van der Waals surface area contributed by atoms with Crippen molar-refractivity contribution in [1.29, 1.82) is 0 Å². The monoisotopic (exact) mass is 241 g/mol. The van der Waals surface area contributed by atoms with E-state index in [-0.39, 0.29) is 0 Å². The Morgan fingerprint density at radius 2 is 1.24 bits per heavy atom. The molecule has 0 amide bonds. The number of nitrogens with one attached hydrogen (secondary N) is 1. The Morgan fingerprint density at radius 1 is 0.765 bits per heavy atom. The fourth-order valence-corrected chi connectivity index (χ4v) is 2.69. The van der Waals surface area contributed by atoms with Crippen LogP contribution in [0.5, 0.6) is 0 Å². The van der Waals surface area contributed by atoms with Crippen LogP contribution in [0.3, 0.4) is 0 Å². The third-order valence-electron chi connectivity index (χ3n) is 3.87. The first kappa shape index (κ1) is 17.0. The Kier molecular flexibility index (Phi) is 11.0. The normalized spacial score (nSPS) is 12.0. The van der Waals surface area contributed by atoms with Crippen LogP contribution in [0.2, 0.25) is 0 Å². The fourth-order valence-electron chi connectivity index (χ4n) is 2.69. The molecule has 0 bridgehead atoms. The third kappa shape index (κ3) is 9.64. The lowest BCUT2D eigenvalue weighted by molar-refractivity contribution is 0.246. The van der Waals surface area contributed by atoms with Gasteiger partial charge in [0.2, 0.25) is 0 Å². The quantitative estimate of drug-likeness (QED) is 0.466. The van der Waals surface area contributed by atoms with Gasteiger partial charge < -0.3 is 5.32 Å². The molecule has 0 spiro atoms. The molecule has 0 aliphatic heterocycles. The highest BCUT2D eigenvalue weighted by Gasteiger charge is 2.22. The van der Waals surface area contributed by atoms with Gasteiger partial charge in [-0.15, -0.1) is 0 Å². The predicted molar refractivity (Wildman–Crippen MR) is 79.6 cm³/mol. The Bertz CT molecular complexity index is 142. The first-order valence-corrected chi connectivity index (χ1v) is 7.83. The molecular weight excluding hydrogens is 206 g/mol. The van der Waals surface area contributed by atoms with Crippen molar-refractivity contribution in [1.82, 2.24) is 5.32 Å². The lowest BCUT2D eigenvalue weighted by Crippen LogP contribution is -2.29. The second-order valence-electron chi connectivity index (χ2n) is 5.96. The van der Waals surface area contributed by atoms with Gasteiger partial charge in [0, 0.05) is 6.54 Å². The molecule has 1 heteroatoms. The van der Waals surface area contributed by atoms with E-state index in [1.165, 1.54) is 70.8 Å². The first-order valence-electron chi connectivity index (χ1n) is 7.83. The van der Waals surface area contributed by atoms with Gasteiger partial charge in [0.05, 0.1) is 0 Å². The minimum atomic E-state index is 0.538. The van der Waals surface area contributed by atoms with Gasteiger partial charge in [-0.1, -0.05) is 72.1 Å². The molecular formula is C16H35N. The standard InChI is InChI=1S/C16H35N/c1-5-7-9-11-13-16(3,15-17-4)14-12-10-8-6-2/h17H,5-15H2,1-4H3. The molecule has 0 rings (SSSR count). The van der Waals surface area contributed by atoms with Crippen molar-refractivity contribution in [2.24, 2.45) is 5.41 Å². The lowest BCUT2D eigenvalue weighted by atomic mass is 9.79. The van der Waals surface area contributed by atoms with E-state index in [9.17, 15) is 0 Å². The lowest BCUT2D eigenvalue weighted by Gasteiger charge is -2.29. The van der Waals surface area contributed by atoms with Gasteiger partial charge >= 0.3 is 0 Å². The summed E-state index contributed by atoms with van der Waals surface area (Å²) in [6.45, 7) is 8.24. The van der Waals surface area contributed by atoms with Crippen molar-refractivity contribution < 1.29 is 0 Å². The van der Waals surface area contributed by atoms with Crippen molar-refractivity contribution in [3.8, 4) is 0 Å². The van der Waals surface area contributed by atoms with E-state index in [0.29, 0.717) is 5.41 Å². The second-order valence-corrected chi connectivity index (χ2v) is 5.96. The molecule has 0 aliphatic carbocycles. The van der Waals surface area contributed by atoms with Crippen LogP contribution in [0.25, 0.3) is 0 Å². The first-order chi connectivity index (χ1) is 8.18. The molecule has 0 aromatic heterocycles. The molecule has 0 saturated heterocycles. The highest BCUT2D eigenvalue weighted by atomic mass is 14.8. The number of unbranched alkanes of at least 4 members (excludes halogenated alkanes) is 6.